The molecule has 0 saturated heterocycles. The molecule has 2 rings (SSSR count). The smallest absolute Gasteiger partial charge is 0.322 e. The van der Waals surface area contributed by atoms with E-state index in [1.807, 2.05) is 0 Å². The molecule has 0 aromatic heterocycles. The van der Waals surface area contributed by atoms with Crippen LogP contribution < -0.4 is 11.1 Å². The Hall–Kier alpha value is -2.95. The van der Waals surface area contributed by atoms with Gasteiger partial charge in [-0.3, -0.25) is 14.4 Å². The lowest BCUT2D eigenvalue weighted by Gasteiger charge is -2.18. The summed E-state index contributed by atoms with van der Waals surface area (Å²) in [6.07, 6.45) is -0.841. The number of carbonyl (C=O) groups is 3. The van der Waals surface area contributed by atoms with E-state index >= 15 is 0 Å². The third kappa shape index (κ3) is 5.31. The van der Waals surface area contributed by atoms with E-state index in [0.29, 0.717) is 5.02 Å². The molecule has 5 N–H and O–H groups in total. The third-order valence-electron chi connectivity index (χ3n) is 3.98. The van der Waals surface area contributed by atoms with Gasteiger partial charge in [-0.25, -0.2) is 8.42 Å². The van der Waals surface area contributed by atoms with Gasteiger partial charge in [0, 0.05) is 17.0 Å². The van der Waals surface area contributed by atoms with Crippen LogP contribution in [-0.2, 0) is 19.4 Å². The van der Waals surface area contributed by atoms with Crippen molar-refractivity contribution in [3.05, 3.63) is 59.1 Å². The average molecular weight is 441 g/mol. The monoisotopic (exact) mass is 440 g/mol. The number of carboxylic acids is 2. The zero-order valence-corrected chi connectivity index (χ0v) is 16.4. The lowest BCUT2D eigenvalue weighted by atomic mass is 10.2. The second-order valence-electron chi connectivity index (χ2n) is 6.01. The average Bonchev–Trinajstić information content (AvgIpc) is 2.66. The highest BCUT2D eigenvalue weighted by atomic mass is 35.5. The highest BCUT2D eigenvalue weighted by Gasteiger charge is 2.38. The molecule has 9 nitrogen and oxygen atoms in total. The van der Waals surface area contributed by atoms with E-state index in [9.17, 15) is 27.9 Å². The number of hydrogen-bond donors (Lipinski definition) is 4. The van der Waals surface area contributed by atoms with Crippen LogP contribution in [0.15, 0.2) is 53.4 Å². The Morgan fingerprint density at radius 3 is 2.14 bits per heavy atom. The summed E-state index contributed by atoms with van der Waals surface area (Å²) in [5, 5.41) is 19.0. The molecule has 0 bridgehead atoms. The molecule has 0 saturated carbocycles. The van der Waals surface area contributed by atoms with Gasteiger partial charge < -0.3 is 21.3 Å². The molecule has 0 heterocycles. The SMILES string of the molecule is N[C@@H](CC(C(=O)O)S(=O)(=O)c1ccccc1NC(=O)c1ccc(Cl)cc1)C(=O)O. The van der Waals surface area contributed by atoms with Gasteiger partial charge in [0.1, 0.15) is 6.04 Å². The standard InChI is InChI=1S/C18H17ClN2O7S/c19-11-7-5-10(6-8-11)16(22)21-13-3-1-2-4-14(13)29(27,28)15(18(25)26)9-12(20)17(23)24/h1-8,12,15H,9,20H2,(H,21,22)(H,23,24)(H,25,26)/t12-,15?/m0/s1. The molecule has 154 valence electrons. The van der Waals surface area contributed by atoms with Crippen molar-refractivity contribution < 1.29 is 33.0 Å². The first-order valence-corrected chi connectivity index (χ1v) is 10.1. The third-order valence-corrected chi connectivity index (χ3v) is 6.35. The summed E-state index contributed by atoms with van der Waals surface area (Å²) >= 11 is 5.77. The summed E-state index contributed by atoms with van der Waals surface area (Å²) in [5.41, 5.74) is 5.38. The Bertz CT molecular complexity index is 1040. The fraction of sp³-hybridized carbons (Fsp3) is 0.167. The number of nitrogens with one attached hydrogen (secondary N) is 1. The number of para-hydroxylation sites is 1. The fourth-order valence-electron chi connectivity index (χ4n) is 2.46. The Balaban J connectivity index is 2.40. The molecule has 0 aliphatic rings. The zero-order chi connectivity index (χ0) is 21.8. The number of aliphatic carboxylic acids is 2. The number of sulfone groups is 1. The van der Waals surface area contributed by atoms with Crippen LogP contribution in [0.4, 0.5) is 5.69 Å². The lowest BCUT2D eigenvalue weighted by Crippen LogP contribution is -2.40. The molecule has 29 heavy (non-hydrogen) atoms. The van der Waals surface area contributed by atoms with E-state index in [2.05, 4.69) is 5.32 Å². The van der Waals surface area contributed by atoms with Crippen LogP contribution >= 0.6 is 11.6 Å². The molecule has 0 fully saturated rings. The van der Waals surface area contributed by atoms with E-state index < -0.39 is 50.3 Å². The van der Waals surface area contributed by atoms with Gasteiger partial charge in [0.05, 0.1) is 10.6 Å². The van der Waals surface area contributed by atoms with E-state index in [0.717, 1.165) is 6.07 Å². The number of halogens is 1. The summed E-state index contributed by atoms with van der Waals surface area (Å²) in [7, 11) is -4.57. The predicted molar refractivity (Wildman–Crippen MR) is 105 cm³/mol. The summed E-state index contributed by atoms with van der Waals surface area (Å²) in [6, 6.07) is 9.34. The first-order chi connectivity index (χ1) is 13.5. The number of benzene rings is 2. The van der Waals surface area contributed by atoms with Crippen LogP contribution in [0.1, 0.15) is 16.8 Å². The summed E-state index contributed by atoms with van der Waals surface area (Å²) in [4.78, 5) is 34.4. The van der Waals surface area contributed by atoms with Crippen molar-refractivity contribution in [1.29, 1.82) is 0 Å². The van der Waals surface area contributed by atoms with Gasteiger partial charge in [-0.15, -0.1) is 0 Å². The van der Waals surface area contributed by atoms with Crippen molar-refractivity contribution in [2.75, 3.05) is 5.32 Å². The molecule has 1 unspecified atom stereocenters. The van der Waals surface area contributed by atoms with Crippen LogP contribution in [0.5, 0.6) is 0 Å². The van der Waals surface area contributed by atoms with Crippen LogP contribution in [0, 0.1) is 0 Å². The Kier molecular flexibility index (Phi) is 6.96. The van der Waals surface area contributed by atoms with Gasteiger partial charge in [0.15, 0.2) is 15.1 Å². The number of hydrogen-bond acceptors (Lipinski definition) is 6. The quantitative estimate of drug-likeness (QED) is 0.480. The van der Waals surface area contributed by atoms with E-state index in [1.165, 1.54) is 42.5 Å². The molecular formula is C18H17ClN2O7S. The van der Waals surface area contributed by atoms with Gasteiger partial charge in [-0.05, 0) is 36.4 Å². The first kappa shape index (κ1) is 22.3. The van der Waals surface area contributed by atoms with Crippen molar-refractivity contribution in [2.45, 2.75) is 22.6 Å². The van der Waals surface area contributed by atoms with E-state index in [-0.39, 0.29) is 11.3 Å². The van der Waals surface area contributed by atoms with Crippen LogP contribution in [-0.4, -0.2) is 47.8 Å². The van der Waals surface area contributed by atoms with Crippen molar-refractivity contribution in [3.8, 4) is 0 Å². The largest absolute Gasteiger partial charge is 0.480 e. The molecule has 0 aliphatic carbocycles. The number of anilines is 1. The van der Waals surface area contributed by atoms with Gasteiger partial charge in [0.2, 0.25) is 0 Å². The molecule has 0 spiro atoms. The van der Waals surface area contributed by atoms with Gasteiger partial charge in [-0.1, -0.05) is 23.7 Å². The van der Waals surface area contributed by atoms with Crippen LogP contribution in [0.2, 0.25) is 5.02 Å². The number of carbonyl (C=O) groups excluding carboxylic acids is 1. The zero-order valence-electron chi connectivity index (χ0n) is 14.8. The topological polar surface area (TPSA) is 164 Å². The maximum atomic E-state index is 12.9. The molecule has 0 radical (unpaired) electrons. The van der Waals surface area contributed by atoms with Gasteiger partial charge >= 0.3 is 11.9 Å². The summed E-state index contributed by atoms with van der Waals surface area (Å²) in [5.74, 6) is -3.92. The molecule has 2 atom stereocenters. The molecular weight excluding hydrogens is 424 g/mol. The molecule has 0 aliphatic heterocycles. The van der Waals surface area contributed by atoms with Crippen molar-refractivity contribution in [3.63, 3.8) is 0 Å². The van der Waals surface area contributed by atoms with Gasteiger partial charge in [-0.2, -0.15) is 0 Å². The van der Waals surface area contributed by atoms with E-state index in [4.69, 9.17) is 22.4 Å². The van der Waals surface area contributed by atoms with Crippen molar-refractivity contribution in [2.24, 2.45) is 5.73 Å². The number of nitrogens with two attached hydrogens (primary N) is 1. The highest BCUT2D eigenvalue weighted by molar-refractivity contribution is 7.93. The Morgan fingerprint density at radius 2 is 1.59 bits per heavy atom. The first-order valence-electron chi connectivity index (χ1n) is 8.15. The highest BCUT2D eigenvalue weighted by Crippen LogP contribution is 2.27. The Morgan fingerprint density at radius 1 is 1.00 bits per heavy atom. The van der Waals surface area contributed by atoms with Crippen LogP contribution in [0.3, 0.4) is 0 Å². The molecule has 2 aromatic rings. The lowest BCUT2D eigenvalue weighted by molar-refractivity contribution is -0.139. The second kappa shape index (κ2) is 9.03. The predicted octanol–water partition coefficient (Wildman–Crippen LogP) is 1.62. The fourth-order valence-corrected chi connectivity index (χ4v) is 4.31. The summed E-state index contributed by atoms with van der Waals surface area (Å²) < 4.78 is 25.8. The van der Waals surface area contributed by atoms with E-state index in [1.54, 1.807) is 0 Å². The summed E-state index contributed by atoms with van der Waals surface area (Å²) in [6.45, 7) is 0. The maximum Gasteiger partial charge on any atom is 0.322 e. The number of amides is 1. The molecule has 11 heteroatoms. The van der Waals surface area contributed by atoms with Crippen molar-refractivity contribution >= 4 is 45.0 Å². The minimum atomic E-state index is -4.57. The van der Waals surface area contributed by atoms with Crippen molar-refractivity contribution in [1.82, 2.24) is 0 Å². The van der Waals surface area contributed by atoms with Crippen LogP contribution in [0.25, 0.3) is 0 Å². The minimum absolute atomic E-state index is 0.150. The minimum Gasteiger partial charge on any atom is -0.480 e. The normalized spacial score (nSPS) is 13.3. The maximum absolute atomic E-state index is 12.9. The Labute approximate surface area is 171 Å². The van der Waals surface area contributed by atoms with Gasteiger partial charge in [0.25, 0.3) is 5.91 Å². The number of rotatable bonds is 8. The second-order valence-corrected chi connectivity index (χ2v) is 8.54. The molecule has 1 amide bonds. The number of carboxylic acid groups (broad SMARTS) is 2. The molecule has 2 aromatic carbocycles.